The van der Waals surface area contributed by atoms with E-state index in [0.717, 1.165) is 24.9 Å². The van der Waals surface area contributed by atoms with Crippen molar-refractivity contribution in [1.29, 1.82) is 0 Å². The Morgan fingerprint density at radius 2 is 2.00 bits per heavy atom. The van der Waals surface area contributed by atoms with Gasteiger partial charge in [0.25, 0.3) is 0 Å². The predicted molar refractivity (Wildman–Crippen MR) is 80.4 cm³/mol. The summed E-state index contributed by atoms with van der Waals surface area (Å²) in [7, 11) is 1.79. The molecule has 1 unspecified atom stereocenters. The highest BCUT2D eigenvalue weighted by atomic mass is 19.1. The van der Waals surface area contributed by atoms with E-state index in [1.807, 2.05) is 12.1 Å². The van der Waals surface area contributed by atoms with E-state index in [1.54, 1.807) is 20.1 Å². The summed E-state index contributed by atoms with van der Waals surface area (Å²) in [4.78, 5) is 0. The van der Waals surface area contributed by atoms with Crippen LogP contribution in [0.15, 0.2) is 18.2 Å². The molecule has 0 aromatic heterocycles. The fraction of sp³-hybridized carbons (Fsp3) is 0.647. The Balaban J connectivity index is 2.35. The van der Waals surface area contributed by atoms with Gasteiger partial charge in [-0.25, -0.2) is 4.39 Å². The standard InChI is InChI=1S/C17H26FNO/c1-4-19-16(14-9-8-13(2)15(18)12-14)17(20-3)10-6-5-7-11-17/h8-9,12,16,19H,4-7,10-11H2,1-3H3. The second kappa shape index (κ2) is 6.68. The highest BCUT2D eigenvalue weighted by molar-refractivity contribution is 5.28. The second-order valence-electron chi connectivity index (χ2n) is 5.83. The third-order valence-electron chi connectivity index (χ3n) is 4.57. The molecule has 2 nitrogen and oxygen atoms in total. The summed E-state index contributed by atoms with van der Waals surface area (Å²) in [5, 5.41) is 3.52. The van der Waals surface area contributed by atoms with E-state index >= 15 is 0 Å². The minimum absolute atomic E-state index is 0.0629. The van der Waals surface area contributed by atoms with E-state index in [0.29, 0.717) is 5.56 Å². The molecule has 20 heavy (non-hydrogen) atoms. The lowest BCUT2D eigenvalue weighted by Gasteiger charge is -2.43. The van der Waals surface area contributed by atoms with Gasteiger partial charge in [-0.15, -0.1) is 0 Å². The molecule has 0 aliphatic heterocycles. The molecule has 0 heterocycles. The highest BCUT2D eigenvalue weighted by Gasteiger charge is 2.40. The normalized spacial score (nSPS) is 19.8. The van der Waals surface area contributed by atoms with E-state index in [4.69, 9.17) is 4.74 Å². The number of ether oxygens (including phenoxy) is 1. The van der Waals surface area contributed by atoms with Crippen LogP contribution in [0.2, 0.25) is 0 Å². The summed E-state index contributed by atoms with van der Waals surface area (Å²) in [6.07, 6.45) is 5.72. The van der Waals surface area contributed by atoms with Crippen LogP contribution in [-0.4, -0.2) is 19.3 Å². The van der Waals surface area contributed by atoms with Gasteiger partial charge in [0.15, 0.2) is 0 Å². The zero-order chi connectivity index (χ0) is 14.6. The fourth-order valence-corrected chi connectivity index (χ4v) is 3.36. The smallest absolute Gasteiger partial charge is 0.126 e. The Morgan fingerprint density at radius 3 is 2.55 bits per heavy atom. The van der Waals surface area contributed by atoms with Crippen molar-refractivity contribution in [3.8, 4) is 0 Å². The molecule has 3 heteroatoms. The first-order valence-electron chi connectivity index (χ1n) is 7.67. The molecule has 1 saturated carbocycles. The topological polar surface area (TPSA) is 21.3 Å². The minimum atomic E-state index is -0.198. The molecular formula is C17H26FNO. The van der Waals surface area contributed by atoms with Gasteiger partial charge in [-0.2, -0.15) is 0 Å². The molecule has 2 rings (SSSR count). The summed E-state index contributed by atoms with van der Waals surface area (Å²) < 4.78 is 19.8. The lowest BCUT2D eigenvalue weighted by molar-refractivity contribution is -0.0685. The van der Waals surface area contributed by atoms with Crippen molar-refractivity contribution < 1.29 is 9.13 Å². The van der Waals surface area contributed by atoms with Crippen molar-refractivity contribution in [2.75, 3.05) is 13.7 Å². The largest absolute Gasteiger partial charge is 0.376 e. The first kappa shape index (κ1) is 15.5. The quantitative estimate of drug-likeness (QED) is 0.875. The average molecular weight is 279 g/mol. The molecule has 1 aliphatic rings. The number of benzene rings is 1. The van der Waals surface area contributed by atoms with Gasteiger partial charge in [-0.3, -0.25) is 0 Å². The van der Waals surface area contributed by atoms with Crippen LogP contribution in [0.1, 0.15) is 56.2 Å². The summed E-state index contributed by atoms with van der Waals surface area (Å²) in [5.74, 6) is -0.132. The van der Waals surface area contributed by atoms with Crippen molar-refractivity contribution in [3.63, 3.8) is 0 Å². The molecule has 0 bridgehead atoms. The maximum absolute atomic E-state index is 13.9. The van der Waals surface area contributed by atoms with Gasteiger partial charge in [-0.05, 0) is 43.5 Å². The van der Waals surface area contributed by atoms with Crippen molar-refractivity contribution in [3.05, 3.63) is 35.1 Å². The van der Waals surface area contributed by atoms with Gasteiger partial charge in [0.1, 0.15) is 5.82 Å². The third kappa shape index (κ3) is 3.04. The summed E-state index contributed by atoms with van der Waals surface area (Å²) in [6.45, 7) is 4.74. The van der Waals surface area contributed by atoms with Crippen LogP contribution in [0.25, 0.3) is 0 Å². The van der Waals surface area contributed by atoms with E-state index in [-0.39, 0.29) is 17.5 Å². The van der Waals surface area contributed by atoms with Crippen molar-refractivity contribution in [2.24, 2.45) is 0 Å². The van der Waals surface area contributed by atoms with Crippen LogP contribution in [0, 0.1) is 12.7 Å². The average Bonchev–Trinajstić information content (AvgIpc) is 2.48. The van der Waals surface area contributed by atoms with E-state index in [2.05, 4.69) is 12.2 Å². The van der Waals surface area contributed by atoms with E-state index in [9.17, 15) is 4.39 Å². The van der Waals surface area contributed by atoms with E-state index < -0.39 is 0 Å². The Kier molecular flexibility index (Phi) is 5.17. The lowest BCUT2D eigenvalue weighted by atomic mass is 9.76. The van der Waals surface area contributed by atoms with Crippen LogP contribution in [-0.2, 0) is 4.74 Å². The van der Waals surface area contributed by atoms with Crippen LogP contribution in [0.3, 0.4) is 0 Å². The van der Waals surface area contributed by atoms with Crippen LogP contribution in [0.5, 0.6) is 0 Å². The monoisotopic (exact) mass is 279 g/mol. The summed E-state index contributed by atoms with van der Waals surface area (Å²) >= 11 is 0. The van der Waals surface area contributed by atoms with Gasteiger partial charge in [0.05, 0.1) is 11.6 Å². The Morgan fingerprint density at radius 1 is 1.30 bits per heavy atom. The lowest BCUT2D eigenvalue weighted by Crippen LogP contribution is -2.47. The van der Waals surface area contributed by atoms with Crippen molar-refractivity contribution >= 4 is 0 Å². The first-order valence-corrected chi connectivity index (χ1v) is 7.67. The molecule has 0 amide bonds. The zero-order valence-electron chi connectivity index (χ0n) is 12.8. The molecule has 1 fully saturated rings. The van der Waals surface area contributed by atoms with Gasteiger partial charge < -0.3 is 10.1 Å². The number of rotatable bonds is 5. The molecule has 1 N–H and O–H groups in total. The number of hydrogen-bond donors (Lipinski definition) is 1. The zero-order valence-corrected chi connectivity index (χ0v) is 12.8. The number of likely N-dealkylation sites (N-methyl/N-ethyl adjacent to an activating group) is 1. The van der Waals surface area contributed by atoms with Gasteiger partial charge in [0.2, 0.25) is 0 Å². The molecule has 1 atom stereocenters. The Hall–Kier alpha value is -0.930. The maximum atomic E-state index is 13.9. The third-order valence-corrected chi connectivity index (χ3v) is 4.57. The number of methoxy groups -OCH3 is 1. The molecule has 1 aromatic carbocycles. The van der Waals surface area contributed by atoms with Gasteiger partial charge in [0, 0.05) is 7.11 Å². The Labute approximate surface area is 121 Å². The number of nitrogens with one attached hydrogen (secondary N) is 1. The Bertz CT molecular complexity index is 441. The highest BCUT2D eigenvalue weighted by Crippen LogP contribution is 2.41. The van der Waals surface area contributed by atoms with E-state index in [1.165, 1.54) is 19.3 Å². The van der Waals surface area contributed by atoms with Crippen molar-refractivity contribution in [2.45, 2.75) is 57.6 Å². The molecule has 0 spiro atoms. The van der Waals surface area contributed by atoms with Crippen LogP contribution >= 0.6 is 0 Å². The molecular weight excluding hydrogens is 253 g/mol. The first-order chi connectivity index (χ1) is 9.63. The summed E-state index contributed by atoms with van der Waals surface area (Å²) in [6, 6.07) is 5.62. The summed E-state index contributed by atoms with van der Waals surface area (Å²) in [5.41, 5.74) is 1.49. The molecule has 0 saturated heterocycles. The maximum Gasteiger partial charge on any atom is 0.126 e. The SMILES string of the molecule is CCNC(c1ccc(C)c(F)c1)C1(OC)CCCCC1. The second-order valence-corrected chi connectivity index (χ2v) is 5.83. The fourth-order valence-electron chi connectivity index (χ4n) is 3.36. The minimum Gasteiger partial charge on any atom is -0.376 e. The number of halogens is 1. The molecule has 112 valence electrons. The number of aryl methyl sites for hydroxylation is 1. The molecule has 1 aliphatic carbocycles. The number of hydrogen-bond acceptors (Lipinski definition) is 2. The predicted octanol–water partition coefficient (Wildman–Crippen LogP) is 4.13. The molecule has 1 aromatic rings. The van der Waals surface area contributed by atoms with Crippen molar-refractivity contribution in [1.82, 2.24) is 5.32 Å². The van der Waals surface area contributed by atoms with Gasteiger partial charge in [-0.1, -0.05) is 38.3 Å². The molecule has 0 radical (unpaired) electrons. The van der Waals surface area contributed by atoms with Crippen LogP contribution in [0.4, 0.5) is 4.39 Å². The van der Waals surface area contributed by atoms with Crippen LogP contribution < -0.4 is 5.32 Å². The van der Waals surface area contributed by atoms with Gasteiger partial charge >= 0.3 is 0 Å².